The molecule has 26 heavy (non-hydrogen) atoms. The number of nitriles is 1. The summed E-state index contributed by atoms with van der Waals surface area (Å²) in [4.78, 5) is 26.8. The molecule has 1 N–H and O–H groups in total. The Morgan fingerprint density at radius 3 is 2.58 bits per heavy atom. The highest BCUT2D eigenvalue weighted by Crippen LogP contribution is 2.18. The van der Waals surface area contributed by atoms with Gasteiger partial charge in [0.1, 0.15) is 0 Å². The van der Waals surface area contributed by atoms with Gasteiger partial charge in [-0.25, -0.2) is 0 Å². The second-order valence-electron chi connectivity index (χ2n) is 6.72. The molecule has 132 valence electrons. The number of piperidine rings is 1. The molecule has 1 heterocycles. The van der Waals surface area contributed by atoms with E-state index in [-0.39, 0.29) is 11.8 Å². The summed E-state index contributed by atoms with van der Waals surface area (Å²) in [6.45, 7) is 3.74. The van der Waals surface area contributed by atoms with Gasteiger partial charge >= 0.3 is 0 Å². The van der Waals surface area contributed by atoms with Crippen LogP contribution in [-0.4, -0.2) is 29.8 Å². The summed E-state index contributed by atoms with van der Waals surface area (Å²) in [5.41, 5.74) is 2.12. The number of nitrogens with zero attached hydrogens (tertiary/aromatic N) is 2. The molecule has 1 aliphatic rings. The summed E-state index contributed by atoms with van der Waals surface area (Å²) >= 11 is 0. The Hall–Kier alpha value is -3.13. The van der Waals surface area contributed by atoms with Crippen LogP contribution in [0, 0.1) is 17.2 Å². The van der Waals surface area contributed by atoms with Crippen molar-refractivity contribution in [1.29, 1.82) is 5.26 Å². The first-order valence-electron chi connectivity index (χ1n) is 8.77. The highest BCUT2D eigenvalue weighted by molar-refractivity contribution is 6.05. The van der Waals surface area contributed by atoms with E-state index < -0.39 is 0 Å². The maximum atomic E-state index is 12.6. The fourth-order valence-electron chi connectivity index (χ4n) is 3.19. The number of benzene rings is 2. The molecule has 1 aliphatic heterocycles. The smallest absolute Gasteiger partial charge is 0.255 e. The highest BCUT2D eigenvalue weighted by atomic mass is 16.2. The highest BCUT2D eigenvalue weighted by Gasteiger charge is 2.22. The first kappa shape index (κ1) is 17.7. The van der Waals surface area contributed by atoms with Gasteiger partial charge in [0.2, 0.25) is 0 Å². The van der Waals surface area contributed by atoms with Crippen LogP contribution in [0.25, 0.3) is 0 Å². The van der Waals surface area contributed by atoms with Crippen LogP contribution in [0.15, 0.2) is 48.5 Å². The Kier molecular flexibility index (Phi) is 5.33. The largest absolute Gasteiger partial charge is 0.338 e. The monoisotopic (exact) mass is 347 g/mol. The van der Waals surface area contributed by atoms with E-state index in [2.05, 4.69) is 12.2 Å². The van der Waals surface area contributed by atoms with E-state index in [4.69, 9.17) is 5.26 Å². The fraction of sp³-hybridized carbons (Fsp3) is 0.286. The number of carbonyl (C=O) groups excluding carboxylic acids is 2. The number of rotatable bonds is 3. The van der Waals surface area contributed by atoms with Crippen LogP contribution >= 0.6 is 0 Å². The minimum Gasteiger partial charge on any atom is -0.338 e. The maximum Gasteiger partial charge on any atom is 0.255 e. The van der Waals surface area contributed by atoms with Gasteiger partial charge in [0.25, 0.3) is 11.8 Å². The molecular formula is C21H21N3O2. The Morgan fingerprint density at radius 1 is 1.15 bits per heavy atom. The molecule has 0 aromatic heterocycles. The summed E-state index contributed by atoms with van der Waals surface area (Å²) in [6, 6.07) is 15.5. The molecule has 5 nitrogen and oxygen atoms in total. The molecular weight excluding hydrogens is 326 g/mol. The number of amides is 2. The average molecular weight is 347 g/mol. The van der Waals surface area contributed by atoms with Gasteiger partial charge in [-0.1, -0.05) is 13.0 Å². The summed E-state index contributed by atoms with van der Waals surface area (Å²) in [7, 11) is 0. The predicted molar refractivity (Wildman–Crippen MR) is 99.9 cm³/mol. The maximum absolute atomic E-state index is 12.6. The summed E-state index contributed by atoms with van der Waals surface area (Å²) in [5.74, 6) is 0.276. The lowest BCUT2D eigenvalue weighted by atomic mass is 9.99. The zero-order valence-electron chi connectivity index (χ0n) is 14.7. The Morgan fingerprint density at radius 2 is 1.88 bits per heavy atom. The first-order valence-corrected chi connectivity index (χ1v) is 8.77. The summed E-state index contributed by atoms with van der Waals surface area (Å²) in [5, 5.41) is 11.7. The van der Waals surface area contributed by atoms with Gasteiger partial charge in [0.15, 0.2) is 0 Å². The van der Waals surface area contributed by atoms with E-state index in [1.54, 1.807) is 48.5 Å². The lowest BCUT2D eigenvalue weighted by Crippen LogP contribution is -2.39. The predicted octanol–water partition coefficient (Wildman–Crippen LogP) is 3.68. The SMILES string of the molecule is CC1CCCN(C(=O)c2ccc(C(=O)Nc3cccc(C#N)c3)cc2)C1. The van der Waals surface area contributed by atoms with Gasteiger partial charge in [-0.2, -0.15) is 5.26 Å². The number of anilines is 1. The van der Waals surface area contributed by atoms with Gasteiger partial charge < -0.3 is 10.2 Å². The summed E-state index contributed by atoms with van der Waals surface area (Å²) < 4.78 is 0. The van der Waals surface area contributed by atoms with Crippen molar-refractivity contribution in [2.75, 3.05) is 18.4 Å². The molecule has 1 fully saturated rings. The molecule has 0 radical (unpaired) electrons. The normalized spacial score (nSPS) is 16.6. The van der Waals surface area contributed by atoms with Crippen LogP contribution in [0.3, 0.4) is 0 Å². The van der Waals surface area contributed by atoms with Crippen molar-refractivity contribution in [3.8, 4) is 6.07 Å². The minimum absolute atomic E-state index is 0.0187. The van der Waals surface area contributed by atoms with Crippen molar-refractivity contribution >= 4 is 17.5 Å². The Balaban J connectivity index is 1.67. The van der Waals surface area contributed by atoms with Crippen LogP contribution in [-0.2, 0) is 0 Å². The van der Waals surface area contributed by atoms with Crippen LogP contribution < -0.4 is 5.32 Å². The quantitative estimate of drug-likeness (QED) is 0.920. The molecule has 0 spiro atoms. The third-order valence-corrected chi connectivity index (χ3v) is 4.59. The molecule has 1 atom stereocenters. The van der Waals surface area contributed by atoms with Crippen molar-refractivity contribution in [2.45, 2.75) is 19.8 Å². The molecule has 2 aromatic rings. The van der Waals surface area contributed by atoms with Gasteiger partial charge in [-0.05, 0) is 61.2 Å². The number of nitrogens with one attached hydrogen (secondary N) is 1. The molecule has 2 aromatic carbocycles. The molecule has 2 amide bonds. The van der Waals surface area contributed by atoms with Crippen LogP contribution in [0.2, 0.25) is 0 Å². The lowest BCUT2D eigenvalue weighted by molar-refractivity contribution is 0.0682. The average Bonchev–Trinajstić information content (AvgIpc) is 2.67. The van der Waals surface area contributed by atoms with Crippen molar-refractivity contribution < 1.29 is 9.59 Å². The van der Waals surface area contributed by atoms with E-state index in [1.165, 1.54) is 0 Å². The zero-order valence-corrected chi connectivity index (χ0v) is 14.7. The molecule has 0 bridgehead atoms. The van der Waals surface area contributed by atoms with E-state index in [1.807, 2.05) is 11.0 Å². The standard InChI is InChI=1S/C21H21N3O2/c1-15-4-3-11-24(14-15)21(26)18-9-7-17(8-10-18)20(25)23-19-6-2-5-16(12-19)13-22/h2,5-10,12,15H,3-4,11,14H2,1H3,(H,23,25). The van der Waals surface area contributed by atoms with Gasteiger partial charge in [-0.3, -0.25) is 9.59 Å². The third-order valence-electron chi connectivity index (χ3n) is 4.59. The van der Waals surface area contributed by atoms with Gasteiger partial charge in [0.05, 0.1) is 11.6 Å². The Labute approximate surface area is 153 Å². The number of hydrogen-bond acceptors (Lipinski definition) is 3. The van der Waals surface area contributed by atoms with Crippen molar-refractivity contribution in [1.82, 2.24) is 4.90 Å². The summed E-state index contributed by atoms with van der Waals surface area (Å²) in [6.07, 6.45) is 2.20. The molecule has 1 saturated heterocycles. The van der Waals surface area contributed by atoms with Crippen molar-refractivity contribution in [3.05, 3.63) is 65.2 Å². The third kappa shape index (κ3) is 4.09. The van der Waals surface area contributed by atoms with Crippen LogP contribution in [0.1, 0.15) is 46.0 Å². The van der Waals surface area contributed by atoms with Crippen LogP contribution in [0.5, 0.6) is 0 Å². The molecule has 3 rings (SSSR count). The number of carbonyl (C=O) groups is 2. The van der Waals surface area contributed by atoms with E-state index in [0.29, 0.717) is 28.3 Å². The second kappa shape index (κ2) is 7.83. The number of hydrogen-bond donors (Lipinski definition) is 1. The number of likely N-dealkylation sites (tertiary alicyclic amines) is 1. The van der Waals surface area contributed by atoms with Crippen molar-refractivity contribution in [3.63, 3.8) is 0 Å². The first-order chi connectivity index (χ1) is 12.6. The van der Waals surface area contributed by atoms with Gasteiger partial charge in [0, 0.05) is 29.9 Å². The Bertz CT molecular complexity index is 852. The van der Waals surface area contributed by atoms with E-state index in [9.17, 15) is 9.59 Å². The van der Waals surface area contributed by atoms with E-state index >= 15 is 0 Å². The van der Waals surface area contributed by atoms with Crippen molar-refractivity contribution in [2.24, 2.45) is 5.92 Å². The molecule has 5 heteroatoms. The molecule has 0 saturated carbocycles. The van der Waals surface area contributed by atoms with E-state index in [0.717, 1.165) is 25.9 Å². The second-order valence-corrected chi connectivity index (χ2v) is 6.72. The minimum atomic E-state index is -0.273. The molecule has 0 aliphatic carbocycles. The van der Waals surface area contributed by atoms with Gasteiger partial charge in [-0.15, -0.1) is 0 Å². The fourth-order valence-corrected chi connectivity index (χ4v) is 3.19. The topological polar surface area (TPSA) is 73.2 Å². The lowest BCUT2D eigenvalue weighted by Gasteiger charge is -2.31. The van der Waals surface area contributed by atoms with Crippen LogP contribution in [0.4, 0.5) is 5.69 Å². The molecule has 1 unspecified atom stereocenters. The zero-order chi connectivity index (χ0) is 18.5.